The molecular formula is C15H25NO3. The molecule has 19 heavy (non-hydrogen) atoms. The number of hydrogen-bond acceptors (Lipinski definition) is 4. The molecule has 1 aromatic rings. The molecule has 0 radical (unpaired) electrons. The van der Waals surface area contributed by atoms with Crippen LogP contribution in [0.15, 0.2) is 18.2 Å². The Morgan fingerprint density at radius 1 is 1.32 bits per heavy atom. The average molecular weight is 267 g/mol. The molecule has 1 aromatic carbocycles. The summed E-state index contributed by atoms with van der Waals surface area (Å²) in [6.45, 7) is 7.73. The molecule has 0 aromatic heterocycles. The van der Waals surface area contributed by atoms with Crippen molar-refractivity contribution in [3.05, 3.63) is 29.3 Å². The molecule has 0 bridgehead atoms. The summed E-state index contributed by atoms with van der Waals surface area (Å²) < 4.78 is 10.5. The number of aryl methyl sites for hydroxylation is 1. The summed E-state index contributed by atoms with van der Waals surface area (Å²) in [5.74, 6) is 0.808. The fraction of sp³-hybridized carbons (Fsp3) is 0.600. The van der Waals surface area contributed by atoms with Gasteiger partial charge in [-0.05, 0) is 37.6 Å². The molecule has 0 saturated carbocycles. The zero-order valence-electron chi connectivity index (χ0n) is 12.3. The maximum Gasteiger partial charge on any atom is 0.122 e. The lowest BCUT2D eigenvalue weighted by Crippen LogP contribution is -2.23. The van der Waals surface area contributed by atoms with Crippen LogP contribution in [0.3, 0.4) is 0 Å². The second-order valence-electron chi connectivity index (χ2n) is 4.72. The van der Waals surface area contributed by atoms with E-state index in [1.165, 1.54) is 5.56 Å². The zero-order valence-corrected chi connectivity index (χ0v) is 12.3. The highest BCUT2D eigenvalue weighted by molar-refractivity contribution is 5.37. The largest absolute Gasteiger partial charge is 0.491 e. The highest BCUT2D eigenvalue weighted by Gasteiger charge is 2.09. The van der Waals surface area contributed by atoms with Crippen molar-refractivity contribution in [3.8, 4) is 5.75 Å². The highest BCUT2D eigenvalue weighted by atomic mass is 16.5. The van der Waals surface area contributed by atoms with E-state index in [4.69, 9.17) is 9.47 Å². The van der Waals surface area contributed by atoms with E-state index in [1.807, 2.05) is 13.0 Å². The average Bonchev–Trinajstić information content (AvgIpc) is 2.38. The number of nitrogens with one attached hydrogen (secondary N) is 1. The van der Waals surface area contributed by atoms with E-state index in [9.17, 15) is 5.11 Å². The van der Waals surface area contributed by atoms with Crippen LogP contribution in [0.25, 0.3) is 0 Å². The quantitative estimate of drug-likeness (QED) is 0.757. The van der Waals surface area contributed by atoms with Crippen molar-refractivity contribution >= 4 is 0 Å². The summed E-state index contributed by atoms with van der Waals surface area (Å²) in [6.07, 6.45) is -0.593. The van der Waals surface area contributed by atoms with Gasteiger partial charge >= 0.3 is 0 Å². The topological polar surface area (TPSA) is 50.7 Å². The summed E-state index contributed by atoms with van der Waals surface area (Å²) in [4.78, 5) is 0. The lowest BCUT2D eigenvalue weighted by Gasteiger charge is -2.17. The van der Waals surface area contributed by atoms with E-state index in [0.29, 0.717) is 6.04 Å². The van der Waals surface area contributed by atoms with Crippen molar-refractivity contribution < 1.29 is 14.6 Å². The summed E-state index contributed by atoms with van der Waals surface area (Å²) in [5.41, 5.74) is 2.32. The SMILES string of the molecule is CCNC(C)c1ccc(OCC(O)COC)c(C)c1. The van der Waals surface area contributed by atoms with E-state index in [2.05, 4.69) is 31.3 Å². The Hall–Kier alpha value is -1.10. The van der Waals surface area contributed by atoms with Crippen molar-refractivity contribution in [2.24, 2.45) is 0 Å². The number of hydrogen-bond donors (Lipinski definition) is 2. The molecule has 0 saturated heterocycles. The maximum absolute atomic E-state index is 9.55. The Morgan fingerprint density at radius 3 is 2.63 bits per heavy atom. The van der Waals surface area contributed by atoms with Crippen molar-refractivity contribution in [2.75, 3.05) is 26.9 Å². The summed E-state index contributed by atoms with van der Waals surface area (Å²) in [7, 11) is 1.56. The van der Waals surface area contributed by atoms with E-state index >= 15 is 0 Å². The van der Waals surface area contributed by atoms with Crippen LogP contribution in [-0.2, 0) is 4.74 Å². The molecule has 0 amide bonds. The molecule has 0 fully saturated rings. The molecule has 2 atom stereocenters. The summed E-state index contributed by atoms with van der Waals surface area (Å²) in [6, 6.07) is 6.46. The van der Waals surface area contributed by atoms with Gasteiger partial charge in [0.05, 0.1) is 6.61 Å². The number of ether oxygens (including phenoxy) is 2. The van der Waals surface area contributed by atoms with Crippen LogP contribution in [0.5, 0.6) is 5.75 Å². The van der Waals surface area contributed by atoms with Gasteiger partial charge in [0, 0.05) is 13.2 Å². The monoisotopic (exact) mass is 267 g/mol. The molecule has 2 unspecified atom stereocenters. The van der Waals surface area contributed by atoms with Gasteiger partial charge in [0.2, 0.25) is 0 Å². The normalized spacial score (nSPS) is 14.2. The van der Waals surface area contributed by atoms with Gasteiger partial charge in [-0.25, -0.2) is 0 Å². The van der Waals surface area contributed by atoms with Crippen molar-refractivity contribution in [1.82, 2.24) is 5.32 Å². The Balaban J connectivity index is 2.61. The van der Waals surface area contributed by atoms with Crippen LogP contribution >= 0.6 is 0 Å². The number of aliphatic hydroxyl groups excluding tert-OH is 1. The highest BCUT2D eigenvalue weighted by Crippen LogP contribution is 2.22. The molecule has 2 N–H and O–H groups in total. The van der Waals surface area contributed by atoms with E-state index in [0.717, 1.165) is 17.9 Å². The van der Waals surface area contributed by atoms with Gasteiger partial charge in [-0.2, -0.15) is 0 Å². The predicted molar refractivity (Wildman–Crippen MR) is 76.6 cm³/mol. The Kier molecular flexibility index (Phi) is 6.84. The number of aliphatic hydroxyl groups is 1. The molecule has 0 spiro atoms. The summed E-state index contributed by atoms with van der Waals surface area (Å²) >= 11 is 0. The smallest absolute Gasteiger partial charge is 0.122 e. The van der Waals surface area contributed by atoms with Crippen LogP contribution < -0.4 is 10.1 Å². The first-order valence-corrected chi connectivity index (χ1v) is 6.72. The minimum absolute atomic E-state index is 0.247. The number of rotatable bonds is 8. The van der Waals surface area contributed by atoms with Crippen molar-refractivity contribution in [2.45, 2.75) is 32.9 Å². The Morgan fingerprint density at radius 2 is 2.05 bits per heavy atom. The third-order valence-electron chi connectivity index (χ3n) is 3.00. The lowest BCUT2D eigenvalue weighted by atomic mass is 10.1. The van der Waals surface area contributed by atoms with Gasteiger partial charge in [0.25, 0.3) is 0 Å². The van der Waals surface area contributed by atoms with Crippen LogP contribution in [0.1, 0.15) is 31.0 Å². The van der Waals surface area contributed by atoms with Crippen LogP contribution in [0.2, 0.25) is 0 Å². The van der Waals surface area contributed by atoms with Gasteiger partial charge in [-0.1, -0.05) is 19.1 Å². The van der Waals surface area contributed by atoms with E-state index in [-0.39, 0.29) is 13.2 Å². The number of methoxy groups -OCH3 is 1. The molecular weight excluding hydrogens is 242 g/mol. The van der Waals surface area contributed by atoms with Crippen molar-refractivity contribution in [1.29, 1.82) is 0 Å². The minimum atomic E-state index is -0.593. The molecule has 4 nitrogen and oxygen atoms in total. The Labute approximate surface area is 115 Å². The molecule has 0 heterocycles. The molecule has 0 aliphatic carbocycles. The maximum atomic E-state index is 9.55. The molecule has 108 valence electrons. The lowest BCUT2D eigenvalue weighted by molar-refractivity contribution is 0.0324. The standard InChI is InChI=1S/C15H25NO3/c1-5-16-12(3)13-6-7-15(11(2)8-13)19-10-14(17)9-18-4/h6-8,12,14,16-17H,5,9-10H2,1-4H3. The molecule has 1 rings (SSSR count). The van der Waals surface area contributed by atoms with Gasteiger partial charge < -0.3 is 19.9 Å². The summed E-state index contributed by atoms with van der Waals surface area (Å²) in [5, 5.41) is 12.9. The Bertz CT molecular complexity index is 382. The first kappa shape index (κ1) is 16.0. The van der Waals surface area contributed by atoms with E-state index < -0.39 is 6.10 Å². The predicted octanol–water partition coefficient (Wildman–Crippen LogP) is 2.05. The molecule has 4 heteroatoms. The fourth-order valence-corrected chi connectivity index (χ4v) is 1.95. The second-order valence-corrected chi connectivity index (χ2v) is 4.72. The van der Waals surface area contributed by atoms with E-state index in [1.54, 1.807) is 7.11 Å². The third-order valence-corrected chi connectivity index (χ3v) is 3.00. The first-order chi connectivity index (χ1) is 9.08. The van der Waals surface area contributed by atoms with Crippen LogP contribution in [0.4, 0.5) is 0 Å². The van der Waals surface area contributed by atoms with Crippen LogP contribution in [0, 0.1) is 6.92 Å². The molecule has 0 aliphatic heterocycles. The van der Waals surface area contributed by atoms with Crippen molar-refractivity contribution in [3.63, 3.8) is 0 Å². The third kappa shape index (κ3) is 5.19. The van der Waals surface area contributed by atoms with Gasteiger partial charge in [-0.15, -0.1) is 0 Å². The van der Waals surface area contributed by atoms with Gasteiger partial charge in [-0.3, -0.25) is 0 Å². The van der Waals surface area contributed by atoms with Gasteiger partial charge in [0.15, 0.2) is 0 Å². The minimum Gasteiger partial charge on any atom is -0.491 e. The fourth-order valence-electron chi connectivity index (χ4n) is 1.95. The second kappa shape index (κ2) is 8.15. The van der Waals surface area contributed by atoms with Crippen LogP contribution in [-0.4, -0.2) is 38.1 Å². The first-order valence-electron chi connectivity index (χ1n) is 6.72. The molecule has 0 aliphatic rings. The zero-order chi connectivity index (χ0) is 14.3. The van der Waals surface area contributed by atoms with Gasteiger partial charge in [0.1, 0.15) is 18.5 Å². The number of benzene rings is 1.